The van der Waals surface area contributed by atoms with Crippen molar-refractivity contribution in [2.24, 2.45) is 0 Å². The molecular formula is C22H21N3O3. The van der Waals surface area contributed by atoms with E-state index in [0.717, 1.165) is 16.3 Å². The molecule has 0 spiro atoms. The van der Waals surface area contributed by atoms with Gasteiger partial charge in [0.05, 0.1) is 13.2 Å². The maximum absolute atomic E-state index is 12.5. The van der Waals surface area contributed by atoms with E-state index in [-0.39, 0.29) is 17.9 Å². The predicted molar refractivity (Wildman–Crippen MR) is 106 cm³/mol. The van der Waals surface area contributed by atoms with E-state index in [1.165, 1.54) is 13.3 Å². The molecule has 4 rings (SSSR count). The maximum Gasteiger partial charge on any atom is 0.251 e. The molecule has 2 amide bonds. The molecule has 1 aromatic heterocycles. The molecule has 1 aliphatic rings. The molecule has 1 fully saturated rings. The fraction of sp³-hybridized carbons (Fsp3) is 0.227. The molecule has 6 nitrogen and oxygen atoms in total. The van der Waals surface area contributed by atoms with Crippen molar-refractivity contribution in [3.05, 3.63) is 71.9 Å². The minimum atomic E-state index is -0.231. The van der Waals surface area contributed by atoms with Crippen LogP contribution in [0, 0.1) is 0 Å². The Labute approximate surface area is 163 Å². The van der Waals surface area contributed by atoms with Crippen LogP contribution in [0.3, 0.4) is 0 Å². The van der Waals surface area contributed by atoms with E-state index in [4.69, 9.17) is 4.74 Å². The molecule has 1 atom stereocenters. The largest absolute Gasteiger partial charge is 0.481 e. The third kappa shape index (κ3) is 3.67. The molecule has 0 aliphatic carbocycles. The number of pyridine rings is 1. The van der Waals surface area contributed by atoms with Crippen molar-refractivity contribution in [3.63, 3.8) is 0 Å². The van der Waals surface area contributed by atoms with Crippen LogP contribution in [0.2, 0.25) is 0 Å². The number of amides is 2. The van der Waals surface area contributed by atoms with Crippen LogP contribution in [-0.2, 0) is 11.3 Å². The van der Waals surface area contributed by atoms with E-state index in [1.54, 1.807) is 17.0 Å². The fourth-order valence-electron chi connectivity index (χ4n) is 3.59. The molecule has 0 unspecified atom stereocenters. The number of fused-ring (bicyclic) bond motifs is 1. The number of rotatable bonds is 5. The van der Waals surface area contributed by atoms with Crippen molar-refractivity contribution in [1.29, 1.82) is 0 Å². The Morgan fingerprint density at radius 1 is 1.21 bits per heavy atom. The van der Waals surface area contributed by atoms with Gasteiger partial charge in [0.2, 0.25) is 11.8 Å². The molecule has 1 saturated heterocycles. The Hall–Kier alpha value is -3.41. The molecule has 0 saturated carbocycles. The lowest BCUT2D eigenvalue weighted by Gasteiger charge is -2.18. The smallest absolute Gasteiger partial charge is 0.251 e. The van der Waals surface area contributed by atoms with Crippen LogP contribution in [0.1, 0.15) is 22.3 Å². The van der Waals surface area contributed by atoms with Crippen LogP contribution in [-0.4, -0.2) is 41.4 Å². The van der Waals surface area contributed by atoms with E-state index in [9.17, 15) is 9.59 Å². The third-order valence-corrected chi connectivity index (χ3v) is 5.00. The fourth-order valence-corrected chi connectivity index (χ4v) is 3.59. The summed E-state index contributed by atoms with van der Waals surface area (Å²) in [4.78, 5) is 30.8. The molecule has 142 valence electrons. The van der Waals surface area contributed by atoms with Crippen LogP contribution < -0.4 is 10.1 Å². The van der Waals surface area contributed by atoms with Gasteiger partial charge in [-0.15, -0.1) is 0 Å². The first-order valence-electron chi connectivity index (χ1n) is 9.19. The number of carbonyl (C=O) groups is 2. The highest BCUT2D eigenvalue weighted by Gasteiger charge is 2.31. The number of likely N-dealkylation sites (tertiary alicyclic amines) is 1. The molecule has 2 aromatic carbocycles. The number of hydrogen-bond acceptors (Lipinski definition) is 4. The first-order chi connectivity index (χ1) is 13.6. The summed E-state index contributed by atoms with van der Waals surface area (Å²) in [5, 5.41) is 5.25. The number of hydrogen-bond donors (Lipinski definition) is 1. The number of methoxy groups -OCH3 is 1. The Balaban J connectivity index is 1.44. The zero-order valence-corrected chi connectivity index (χ0v) is 15.6. The van der Waals surface area contributed by atoms with E-state index >= 15 is 0 Å². The summed E-state index contributed by atoms with van der Waals surface area (Å²) in [6, 6.07) is 17.3. The van der Waals surface area contributed by atoms with Crippen molar-refractivity contribution in [3.8, 4) is 5.88 Å². The van der Waals surface area contributed by atoms with Crippen molar-refractivity contribution in [1.82, 2.24) is 15.2 Å². The summed E-state index contributed by atoms with van der Waals surface area (Å²) in [6.07, 6.45) is 1.83. The van der Waals surface area contributed by atoms with Gasteiger partial charge >= 0.3 is 0 Å². The number of ether oxygens (including phenoxy) is 1. The highest BCUT2D eigenvalue weighted by molar-refractivity contribution is 5.95. The second kappa shape index (κ2) is 7.68. The van der Waals surface area contributed by atoms with Crippen molar-refractivity contribution >= 4 is 22.6 Å². The van der Waals surface area contributed by atoms with Gasteiger partial charge in [-0.2, -0.15) is 0 Å². The van der Waals surface area contributed by atoms with Crippen LogP contribution in [0.15, 0.2) is 60.8 Å². The molecule has 1 N–H and O–H groups in total. The van der Waals surface area contributed by atoms with Gasteiger partial charge in [-0.1, -0.05) is 42.5 Å². The van der Waals surface area contributed by atoms with Gasteiger partial charge in [-0.25, -0.2) is 4.98 Å². The molecule has 0 radical (unpaired) electrons. The first kappa shape index (κ1) is 18.0. The molecule has 3 aromatic rings. The van der Waals surface area contributed by atoms with Crippen LogP contribution in [0.25, 0.3) is 10.8 Å². The number of aromatic nitrogens is 1. The summed E-state index contributed by atoms with van der Waals surface area (Å²) < 4.78 is 5.06. The quantitative estimate of drug-likeness (QED) is 0.744. The van der Waals surface area contributed by atoms with Crippen molar-refractivity contribution < 1.29 is 14.3 Å². The summed E-state index contributed by atoms with van der Waals surface area (Å²) in [6.45, 7) is 1.03. The number of nitrogens with one attached hydrogen (secondary N) is 1. The lowest BCUT2D eigenvalue weighted by molar-refractivity contribution is -0.128. The Kier molecular flexibility index (Phi) is 4.93. The van der Waals surface area contributed by atoms with Gasteiger partial charge in [0.1, 0.15) is 0 Å². The average Bonchev–Trinajstić information content (AvgIpc) is 3.07. The number of nitrogens with zero attached hydrogens (tertiary/aromatic N) is 2. The zero-order valence-electron chi connectivity index (χ0n) is 15.6. The highest BCUT2D eigenvalue weighted by Crippen LogP contribution is 2.22. The standard InChI is InChI=1S/C22H21N3O3/c1-28-20-11-16(9-10-23-20)22(27)24-18-12-21(26)25(14-18)13-17-7-4-6-15-5-2-3-8-19(15)17/h2-11,18H,12-14H2,1H3,(H,24,27)/t18-/m0/s1. The van der Waals surface area contributed by atoms with Crippen LogP contribution in [0.5, 0.6) is 5.88 Å². The molecular weight excluding hydrogens is 354 g/mol. The normalized spacial score (nSPS) is 16.4. The van der Waals surface area contributed by atoms with Crippen molar-refractivity contribution in [2.75, 3.05) is 13.7 Å². The van der Waals surface area contributed by atoms with Gasteiger partial charge in [-0.3, -0.25) is 9.59 Å². The summed E-state index contributed by atoms with van der Waals surface area (Å²) in [7, 11) is 1.50. The molecule has 6 heteroatoms. The van der Waals surface area contributed by atoms with Crippen molar-refractivity contribution in [2.45, 2.75) is 19.0 Å². The van der Waals surface area contributed by atoms with Gasteiger partial charge in [0, 0.05) is 37.3 Å². The SMILES string of the molecule is COc1cc(C(=O)N[C@H]2CC(=O)N(Cc3cccc4ccccc34)C2)ccn1. The number of carbonyl (C=O) groups excluding carboxylic acids is 2. The monoisotopic (exact) mass is 375 g/mol. The zero-order chi connectivity index (χ0) is 19.5. The van der Waals surface area contributed by atoms with Gasteiger partial charge in [-0.05, 0) is 22.4 Å². The molecule has 28 heavy (non-hydrogen) atoms. The Morgan fingerprint density at radius 2 is 2.04 bits per heavy atom. The van der Waals surface area contributed by atoms with Crippen LogP contribution in [0.4, 0.5) is 0 Å². The topological polar surface area (TPSA) is 71.5 Å². The maximum atomic E-state index is 12.5. The average molecular weight is 375 g/mol. The summed E-state index contributed by atoms with van der Waals surface area (Å²) in [5.41, 5.74) is 1.57. The lowest BCUT2D eigenvalue weighted by Crippen LogP contribution is -2.37. The molecule has 0 bridgehead atoms. The first-order valence-corrected chi connectivity index (χ1v) is 9.19. The lowest BCUT2D eigenvalue weighted by atomic mass is 10.0. The van der Waals surface area contributed by atoms with Gasteiger partial charge in [0.25, 0.3) is 5.91 Å². The molecule has 2 heterocycles. The van der Waals surface area contributed by atoms with E-state index < -0.39 is 0 Å². The highest BCUT2D eigenvalue weighted by atomic mass is 16.5. The third-order valence-electron chi connectivity index (χ3n) is 5.00. The summed E-state index contributed by atoms with van der Waals surface area (Å²) >= 11 is 0. The van der Waals surface area contributed by atoms with Gasteiger partial charge < -0.3 is 15.0 Å². The number of benzene rings is 2. The van der Waals surface area contributed by atoms with E-state index in [0.29, 0.717) is 31.0 Å². The minimum Gasteiger partial charge on any atom is -0.481 e. The molecule has 1 aliphatic heterocycles. The second-order valence-corrected chi connectivity index (χ2v) is 6.87. The van der Waals surface area contributed by atoms with Crippen LogP contribution >= 0.6 is 0 Å². The van der Waals surface area contributed by atoms with E-state index in [1.807, 2.05) is 24.3 Å². The minimum absolute atomic E-state index is 0.0468. The van der Waals surface area contributed by atoms with Gasteiger partial charge in [0.15, 0.2) is 0 Å². The second-order valence-electron chi connectivity index (χ2n) is 6.87. The predicted octanol–water partition coefficient (Wildman–Crippen LogP) is 2.77. The summed E-state index contributed by atoms with van der Waals surface area (Å²) in [5.74, 6) is 0.198. The Bertz CT molecular complexity index is 1030. The Morgan fingerprint density at radius 3 is 2.89 bits per heavy atom. The van der Waals surface area contributed by atoms with E-state index in [2.05, 4.69) is 28.5 Å².